The van der Waals surface area contributed by atoms with Gasteiger partial charge in [0, 0.05) is 9.89 Å². The van der Waals surface area contributed by atoms with Crippen LogP contribution in [0.5, 0.6) is 5.75 Å². The molecule has 1 aliphatic rings. The summed E-state index contributed by atoms with van der Waals surface area (Å²) in [5.41, 5.74) is 2.10. The Hall–Kier alpha value is -2.00. The number of allylic oxidation sites excluding steroid dienone is 3. The number of aliphatic hydroxyl groups is 1. The van der Waals surface area contributed by atoms with Gasteiger partial charge < -0.3 is 10.2 Å². The zero-order valence-corrected chi connectivity index (χ0v) is 14.5. The maximum absolute atomic E-state index is 9.64. The highest BCUT2D eigenvalue weighted by atomic mass is 79.9. The van der Waals surface area contributed by atoms with Gasteiger partial charge in [-0.3, -0.25) is 0 Å². The maximum Gasteiger partial charge on any atom is 0.115 e. The van der Waals surface area contributed by atoms with Crippen molar-refractivity contribution < 1.29 is 10.2 Å². The summed E-state index contributed by atoms with van der Waals surface area (Å²) in [5.74, 6) is 0.817. The number of rotatable bonds is 3. The Labute approximate surface area is 144 Å². The molecule has 0 saturated heterocycles. The van der Waals surface area contributed by atoms with E-state index in [1.165, 1.54) is 5.56 Å². The van der Waals surface area contributed by atoms with Gasteiger partial charge in [0.2, 0.25) is 0 Å². The van der Waals surface area contributed by atoms with Crippen LogP contribution in [-0.2, 0) is 5.41 Å². The van der Waals surface area contributed by atoms with Gasteiger partial charge in [-0.15, -0.1) is 0 Å². The lowest BCUT2D eigenvalue weighted by atomic mass is 9.65. The Morgan fingerprint density at radius 1 is 0.957 bits per heavy atom. The summed E-state index contributed by atoms with van der Waals surface area (Å²) in [4.78, 5) is 0. The number of phenols is 1. The predicted molar refractivity (Wildman–Crippen MR) is 96.7 cm³/mol. The van der Waals surface area contributed by atoms with Gasteiger partial charge in [-0.2, -0.15) is 0 Å². The molecular formula is C20H19BrO2. The molecule has 2 unspecified atom stereocenters. The molecule has 3 rings (SSSR count). The van der Waals surface area contributed by atoms with E-state index in [2.05, 4.69) is 41.1 Å². The van der Waals surface area contributed by atoms with Crippen LogP contribution >= 0.6 is 15.9 Å². The van der Waals surface area contributed by atoms with Crippen LogP contribution in [-0.4, -0.2) is 10.2 Å². The van der Waals surface area contributed by atoms with Crippen LogP contribution in [0.15, 0.2) is 77.0 Å². The van der Waals surface area contributed by atoms with Crippen LogP contribution in [0.25, 0.3) is 0 Å². The van der Waals surface area contributed by atoms with E-state index < -0.39 is 0 Å². The Morgan fingerprint density at radius 3 is 2.04 bits per heavy atom. The number of aliphatic hydroxyl groups excluding tert-OH is 1. The predicted octanol–water partition coefficient (Wildman–Crippen LogP) is 5.48. The average Bonchev–Trinajstić information content (AvgIpc) is 2.56. The van der Waals surface area contributed by atoms with Crippen LogP contribution in [0.1, 0.15) is 24.5 Å². The molecule has 0 saturated carbocycles. The van der Waals surface area contributed by atoms with Crippen LogP contribution in [0, 0.1) is 5.92 Å². The maximum atomic E-state index is 9.64. The number of halogens is 1. The fraction of sp³-hybridized carbons (Fsp3) is 0.200. The summed E-state index contributed by atoms with van der Waals surface area (Å²) in [7, 11) is 0. The Balaban J connectivity index is 2.11. The molecule has 2 aromatic rings. The number of phenolic OH excluding ortho intramolecular Hbond substituents is 1. The fourth-order valence-electron chi connectivity index (χ4n) is 3.24. The second-order valence-corrected chi connectivity index (χ2v) is 7.00. The summed E-state index contributed by atoms with van der Waals surface area (Å²) in [6.07, 6.45) is 6.48. The summed E-state index contributed by atoms with van der Waals surface area (Å²) in [5, 5.41) is 19.3. The average molecular weight is 371 g/mol. The lowest BCUT2D eigenvalue weighted by Crippen LogP contribution is -2.33. The topological polar surface area (TPSA) is 40.5 Å². The van der Waals surface area contributed by atoms with Gasteiger partial charge in [0.05, 0.1) is 0 Å². The second kappa shape index (κ2) is 6.25. The molecule has 23 heavy (non-hydrogen) atoms. The Bertz CT molecular complexity index is 697. The minimum atomic E-state index is -0.248. The second-order valence-electron chi connectivity index (χ2n) is 6.09. The van der Waals surface area contributed by atoms with Gasteiger partial charge in [-0.25, -0.2) is 0 Å². The molecule has 0 heterocycles. The first-order chi connectivity index (χ1) is 11.0. The van der Waals surface area contributed by atoms with Crippen molar-refractivity contribution in [3.8, 4) is 5.75 Å². The first kappa shape index (κ1) is 15.9. The highest BCUT2D eigenvalue weighted by molar-refractivity contribution is 9.10. The van der Waals surface area contributed by atoms with E-state index in [0.717, 1.165) is 16.5 Å². The Kier molecular flexibility index (Phi) is 4.31. The standard InChI is InChI=1S/C20H19BrO2/c1-20(14-2-8-17(21)9-3-14,15-4-10-18(22)11-5-15)16-6-12-19(23)13-7-16/h2-6,8-13,16,22-23H,7H2,1H3. The first-order valence-electron chi connectivity index (χ1n) is 7.63. The minimum Gasteiger partial charge on any atom is -0.508 e. The van der Waals surface area contributed by atoms with Gasteiger partial charge in [0.1, 0.15) is 11.5 Å². The summed E-state index contributed by atoms with van der Waals surface area (Å²) >= 11 is 3.49. The highest BCUT2D eigenvalue weighted by Gasteiger charge is 2.36. The smallest absolute Gasteiger partial charge is 0.115 e. The van der Waals surface area contributed by atoms with Crippen molar-refractivity contribution in [2.24, 2.45) is 5.92 Å². The number of aromatic hydroxyl groups is 1. The lowest BCUT2D eigenvalue weighted by Gasteiger charge is -2.38. The van der Waals surface area contributed by atoms with E-state index in [4.69, 9.17) is 0 Å². The van der Waals surface area contributed by atoms with Gasteiger partial charge in [-0.05, 0) is 59.9 Å². The quantitative estimate of drug-likeness (QED) is 0.750. The van der Waals surface area contributed by atoms with Crippen molar-refractivity contribution in [1.82, 2.24) is 0 Å². The number of hydrogen-bond acceptors (Lipinski definition) is 2. The van der Waals surface area contributed by atoms with Gasteiger partial charge in [0.15, 0.2) is 0 Å². The Morgan fingerprint density at radius 2 is 1.52 bits per heavy atom. The molecule has 0 fully saturated rings. The highest BCUT2D eigenvalue weighted by Crippen LogP contribution is 2.43. The normalized spacial score (nSPS) is 19.9. The molecular weight excluding hydrogens is 352 g/mol. The van der Waals surface area contributed by atoms with Crippen LogP contribution in [0.2, 0.25) is 0 Å². The largest absolute Gasteiger partial charge is 0.508 e. The molecule has 0 bridgehead atoms. The summed E-state index contributed by atoms with van der Waals surface area (Å²) in [6, 6.07) is 15.8. The molecule has 0 spiro atoms. The van der Waals surface area contributed by atoms with E-state index in [0.29, 0.717) is 5.76 Å². The first-order valence-corrected chi connectivity index (χ1v) is 8.42. The van der Waals surface area contributed by atoms with Crippen LogP contribution < -0.4 is 0 Å². The van der Waals surface area contributed by atoms with Crippen molar-refractivity contribution in [2.75, 3.05) is 0 Å². The molecule has 0 radical (unpaired) electrons. The zero-order valence-electron chi connectivity index (χ0n) is 12.9. The van der Waals surface area contributed by atoms with E-state index in [9.17, 15) is 10.2 Å². The van der Waals surface area contributed by atoms with E-state index in [1.807, 2.05) is 30.3 Å². The van der Waals surface area contributed by atoms with Crippen molar-refractivity contribution in [3.05, 3.63) is 88.1 Å². The zero-order chi connectivity index (χ0) is 16.4. The van der Waals surface area contributed by atoms with E-state index in [-0.39, 0.29) is 17.1 Å². The fourth-order valence-corrected chi connectivity index (χ4v) is 3.50. The third kappa shape index (κ3) is 3.06. The third-order valence-corrected chi connectivity index (χ3v) is 5.26. The molecule has 2 aromatic carbocycles. The van der Waals surface area contributed by atoms with Gasteiger partial charge in [0.25, 0.3) is 0 Å². The number of benzene rings is 2. The third-order valence-electron chi connectivity index (χ3n) is 4.73. The van der Waals surface area contributed by atoms with Crippen molar-refractivity contribution >= 4 is 15.9 Å². The van der Waals surface area contributed by atoms with Gasteiger partial charge >= 0.3 is 0 Å². The summed E-state index contributed by atoms with van der Waals surface area (Å²) in [6.45, 7) is 2.22. The van der Waals surface area contributed by atoms with Crippen molar-refractivity contribution in [2.45, 2.75) is 18.8 Å². The molecule has 0 amide bonds. The molecule has 1 aliphatic carbocycles. The van der Waals surface area contributed by atoms with E-state index in [1.54, 1.807) is 18.2 Å². The molecule has 2 atom stereocenters. The molecule has 118 valence electrons. The van der Waals surface area contributed by atoms with Crippen LogP contribution in [0.4, 0.5) is 0 Å². The summed E-state index contributed by atoms with van der Waals surface area (Å²) < 4.78 is 1.05. The van der Waals surface area contributed by atoms with Crippen molar-refractivity contribution in [3.63, 3.8) is 0 Å². The van der Waals surface area contributed by atoms with Gasteiger partial charge in [-0.1, -0.05) is 53.2 Å². The molecule has 0 aromatic heterocycles. The SMILES string of the molecule is CC(c1ccc(O)cc1)(c1ccc(Br)cc1)C1C=CC(O)=CC1. The number of hydrogen-bond donors (Lipinski definition) is 2. The molecule has 3 heteroatoms. The van der Waals surface area contributed by atoms with Crippen LogP contribution in [0.3, 0.4) is 0 Å². The lowest BCUT2D eigenvalue weighted by molar-refractivity contribution is 0.383. The van der Waals surface area contributed by atoms with E-state index >= 15 is 0 Å². The van der Waals surface area contributed by atoms with Crippen molar-refractivity contribution in [1.29, 1.82) is 0 Å². The monoisotopic (exact) mass is 370 g/mol. The molecule has 2 nitrogen and oxygen atoms in total. The minimum absolute atomic E-state index is 0.226. The molecule has 2 N–H and O–H groups in total. The molecule has 0 aliphatic heterocycles.